The van der Waals surface area contributed by atoms with E-state index in [-0.39, 0.29) is 4.90 Å². The van der Waals surface area contributed by atoms with Crippen molar-refractivity contribution in [1.82, 2.24) is 0 Å². The molecule has 7 heteroatoms. The number of rotatable bonds is 4. The molecule has 0 atom stereocenters. The highest BCUT2D eigenvalue weighted by Gasteiger charge is 2.20. The fourth-order valence-corrected chi connectivity index (χ4v) is 6.42. The van der Waals surface area contributed by atoms with Crippen LogP contribution in [0.4, 0.5) is 0 Å². The molecule has 1 aliphatic rings. The molecule has 0 aromatic heterocycles. The summed E-state index contributed by atoms with van der Waals surface area (Å²) in [6, 6.07) is 13.8. The summed E-state index contributed by atoms with van der Waals surface area (Å²) < 4.78 is 30.8. The maximum Gasteiger partial charge on any atom is 0.339 e. The third kappa shape index (κ3) is 3.82. The topological polar surface area (TPSA) is 43.4 Å². The smallest absolute Gasteiger partial charge is 0.339 e. The first kappa shape index (κ1) is 16.2. The van der Waals surface area contributed by atoms with Gasteiger partial charge in [0.1, 0.15) is 10.6 Å². The Hall–Kier alpha value is -0.630. The number of hydrogen-bond donors (Lipinski definition) is 0. The van der Waals surface area contributed by atoms with E-state index >= 15 is 0 Å². The molecule has 3 nitrogen and oxygen atoms in total. The van der Waals surface area contributed by atoms with Crippen LogP contribution in [-0.2, 0) is 10.1 Å². The average Bonchev–Trinajstić information content (AvgIpc) is 3.02. The quantitative estimate of drug-likeness (QED) is 0.675. The SMILES string of the molecule is O=S(=O)(Oc1ccc(C2SCCS2)cc1)c1cccc(Br)c1. The van der Waals surface area contributed by atoms with Gasteiger partial charge in [0.25, 0.3) is 0 Å². The van der Waals surface area contributed by atoms with Crippen LogP contribution >= 0.6 is 39.5 Å². The summed E-state index contributed by atoms with van der Waals surface area (Å²) in [4.78, 5) is 0.132. The highest BCUT2D eigenvalue weighted by molar-refractivity contribution is 9.10. The van der Waals surface area contributed by atoms with Gasteiger partial charge in [-0.05, 0) is 35.9 Å². The van der Waals surface area contributed by atoms with Crippen molar-refractivity contribution in [3.05, 3.63) is 58.6 Å². The standard InChI is InChI=1S/C15H13BrO3S3/c16-12-2-1-3-14(10-12)22(17,18)19-13-6-4-11(5-7-13)15-20-8-9-21-15/h1-7,10,15H,8-9H2. The monoisotopic (exact) mass is 416 g/mol. The van der Waals surface area contributed by atoms with Crippen molar-refractivity contribution in [2.24, 2.45) is 0 Å². The number of halogens is 1. The number of benzene rings is 2. The Morgan fingerprint density at radius 3 is 2.36 bits per heavy atom. The van der Waals surface area contributed by atoms with E-state index in [1.807, 2.05) is 35.7 Å². The van der Waals surface area contributed by atoms with Gasteiger partial charge in [-0.25, -0.2) is 0 Å². The lowest BCUT2D eigenvalue weighted by molar-refractivity contribution is 0.486. The molecule has 3 rings (SSSR count). The summed E-state index contributed by atoms with van der Waals surface area (Å²) in [5.74, 6) is 2.65. The molecule has 1 fully saturated rings. The van der Waals surface area contributed by atoms with Crippen molar-refractivity contribution in [1.29, 1.82) is 0 Å². The molecule has 0 spiro atoms. The van der Waals surface area contributed by atoms with Crippen molar-refractivity contribution < 1.29 is 12.6 Å². The summed E-state index contributed by atoms with van der Waals surface area (Å²) >= 11 is 7.09. The van der Waals surface area contributed by atoms with E-state index < -0.39 is 10.1 Å². The van der Waals surface area contributed by atoms with Crippen LogP contribution in [0.15, 0.2) is 57.9 Å². The van der Waals surface area contributed by atoms with Crippen LogP contribution in [0.25, 0.3) is 0 Å². The van der Waals surface area contributed by atoms with Gasteiger partial charge in [-0.15, -0.1) is 23.5 Å². The Bertz CT molecular complexity index is 754. The highest BCUT2D eigenvalue weighted by atomic mass is 79.9. The van der Waals surface area contributed by atoms with Gasteiger partial charge in [0.05, 0.1) is 4.58 Å². The zero-order valence-electron chi connectivity index (χ0n) is 11.4. The molecule has 0 N–H and O–H groups in total. The van der Waals surface area contributed by atoms with Crippen molar-refractivity contribution in [2.45, 2.75) is 9.48 Å². The Balaban J connectivity index is 1.77. The third-order valence-corrected chi connectivity index (χ3v) is 7.91. The van der Waals surface area contributed by atoms with E-state index in [0.717, 1.165) is 11.5 Å². The molecule has 2 aromatic carbocycles. The molecule has 1 aliphatic heterocycles. The van der Waals surface area contributed by atoms with Crippen LogP contribution in [0.2, 0.25) is 0 Å². The fraction of sp³-hybridized carbons (Fsp3) is 0.200. The van der Waals surface area contributed by atoms with Crippen molar-refractivity contribution >= 4 is 49.6 Å². The summed E-state index contributed by atoms with van der Waals surface area (Å²) in [7, 11) is -3.81. The summed E-state index contributed by atoms with van der Waals surface area (Å²) in [6.45, 7) is 0. The molecular formula is C15H13BrO3S3. The molecule has 1 saturated heterocycles. The Kier molecular flexibility index (Phi) is 5.07. The largest absolute Gasteiger partial charge is 0.379 e. The van der Waals surface area contributed by atoms with Crippen LogP contribution in [0.5, 0.6) is 5.75 Å². The van der Waals surface area contributed by atoms with Crippen LogP contribution in [-0.4, -0.2) is 19.9 Å². The first-order valence-corrected chi connectivity index (χ1v) is 10.9. The molecule has 22 heavy (non-hydrogen) atoms. The summed E-state index contributed by atoms with van der Waals surface area (Å²) in [5, 5.41) is 0. The molecule has 0 unspecified atom stereocenters. The Morgan fingerprint density at radius 1 is 1.05 bits per heavy atom. The molecular weight excluding hydrogens is 404 g/mol. The van der Waals surface area contributed by atoms with E-state index in [0.29, 0.717) is 14.8 Å². The summed E-state index contributed by atoms with van der Waals surface area (Å²) in [6.07, 6.45) is 0. The lowest BCUT2D eigenvalue weighted by Crippen LogP contribution is -2.09. The van der Waals surface area contributed by atoms with Crippen LogP contribution in [0, 0.1) is 0 Å². The zero-order chi connectivity index (χ0) is 15.6. The van der Waals surface area contributed by atoms with Gasteiger partial charge in [0.15, 0.2) is 0 Å². The van der Waals surface area contributed by atoms with E-state index in [1.165, 1.54) is 17.7 Å². The number of hydrogen-bond acceptors (Lipinski definition) is 5. The van der Waals surface area contributed by atoms with Gasteiger partial charge in [-0.1, -0.05) is 34.1 Å². The van der Waals surface area contributed by atoms with Crippen LogP contribution in [0.1, 0.15) is 10.1 Å². The predicted octanol–water partition coefficient (Wildman–Crippen LogP) is 4.70. The van der Waals surface area contributed by atoms with Gasteiger partial charge in [-0.3, -0.25) is 0 Å². The van der Waals surface area contributed by atoms with E-state index in [1.54, 1.807) is 24.3 Å². The lowest BCUT2D eigenvalue weighted by Gasteiger charge is -2.10. The minimum atomic E-state index is -3.81. The second-order valence-electron chi connectivity index (χ2n) is 4.64. The van der Waals surface area contributed by atoms with E-state index in [4.69, 9.17) is 4.18 Å². The molecule has 0 amide bonds. The fourth-order valence-electron chi connectivity index (χ4n) is 2.03. The normalized spacial score (nSPS) is 15.9. The van der Waals surface area contributed by atoms with Crippen molar-refractivity contribution in [2.75, 3.05) is 11.5 Å². The minimum absolute atomic E-state index is 0.132. The van der Waals surface area contributed by atoms with Gasteiger partial charge >= 0.3 is 10.1 Å². The van der Waals surface area contributed by atoms with Gasteiger partial charge < -0.3 is 4.18 Å². The van der Waals surface area contributed by atoms with Crippen LogP contribution < -0.4 is 4.18 Å². The van der Waals surface area contributed by atoms with Gasteiger partial charge in [0.2, 0.25) is 0 Å². The van der Waals surface area contributed by atoms with Gasteiger partial charge in [-0.2, -0.15) is 8.42 Å². The maximum atomic E-state index is 12.2. The number of thioether (sulfide) groups is 2. The second kappa shape index (κ2) is 6.86. The summed E-state index contributed by atoms with van der Waals surface area (Å²) in [5.41, 5.74) is 1.19. The zero-order valence-corrected chi connectivity index (χ0v) is 15.5. The molecule has 0 aliphatic carbocycles. The second-order valence-corrected chi connectivity index (χ2v) is 9.82. The molecule has 0 radical (unpaired) electrons. The molecule has 116 valence electrons. The van der Waals surface area contributed by atoms with Crippen molar-refractivity contribution in [3.8, 4) is 5.75 Å². The van der Waals surface area contributed by atoms with E-state index in [9.17, 15) is 8.42 Å². The minimum Gasteiger partial charge on any atom is -0.379 e. The first-order chi connectivity index (χ1) is 10.5. The van der Waals surface area contributed by atoms with E-state index in [2.05, 4.69) is 15.9 Å². The highest BCUT2D eigenvalue weighted by Crippen LogP contribution is 2.45. The maximum absolute atomic E-state index is 12.2. The molecule has 0 bridgehead atoms. The molecule has 0 saturated carbocycles. The van der Waals surface area contributed by atoms with Gasteiger partial charge in [0, 0.05) is 16.0 Å². The Morgan fingerprint density at radius 2 is 1.73 bits per heavy atom. The van der Waals surface area contributed by atoms with Crippen molar-refractivity contribution in [3.63, 3.8) is 0 Å². The first-order valence-electron chi connectivity index (χ1n) is 6.58. The molecule has 1 heterocycles. The molecule has 2 aromatic rings. The predicted molar refractivity (Wildman–Crippen MR) is 96.1 cm³/mol. The Labute approximate surface area is 147 Å². The lowest BCUT2D eigenvalue weighted by atomic mass is 10.2. The average molecular weight is 417 g/mol. The van der Waals surface area contributed by atoms with Crippen LogP contribution in [0.3, 0.4) is 0 Å². The third-order valence-electron chi connectivity index (χ3n) is 3.06.